The van der Waals surface area contributed by atoms with Crippen LogP contribution in [0.3, 0.4) is 0 Å². The van der Waals surface area contributed by atoms with Crippen molar-refractivity contribution in [1.29, 1.82) is 0 Å². The normalized spacial score (nSPS) is 14.3. The van der Waals surface area contributed by atoms with E-state index >= 15 is 0 Å². The van der Waals surface area contributed by atoms with E-state index in [1.807, 2.05) is 0 Å². The van der Waals surface area contributed by atoms with Gasteiger partial charge in [0, 0.05) is 11.1 Å². The second-order valence-electron chi connectivity index (χ2n) is 5.21. The number of methoxy groups -OCH3 is 2. The lowest BCUT2D eigenvalue weighted by molar-refractivity contribution is -0.121. The van der Waals surface area contributed by atoms with E-state index in [0.29, 0.717) is 16.3 Å². The summed E-state index contributed by atoms with van der Waals surface area (Å²) in [4.78, 5) is 26.1. The Balaban J connectivity index is 2.06. The van der Waals surface area contributed by atoms with E-state index in [1.165, 1.54) is 20.3 Å². The van der Waals surface area contributed by atoms with E-state index in [0.717, 1.165) is 4.90 Å². The third kappa shape index (κ3) is 2.81. The highest BCUT2D eigenvalue weighted by Crippen LogP contribution is 2.38. The van der Waals surface area contributed by atoms with Gasteiger partial charge in [0.05, 0.1) is 25.5 Å². The molecular weight excluding hydrogens is 346 g/mol. The van der Waals surface area contributed by atoms with Gasteiger partial charge in [-0.05, 0) is 29.8 Å². The van der Waals surface area contributed by atoms with Crippen LogP contribution in [-0.2, 0) is 9.59 Å². The number of benzene rings is 2. The minimum atomic E-state index is -0.821. The summed E-state index contributed by atoms with van der Waals surface area (Å²) < 4.78 is 10.4. The Labute approximate surface area is 148 Å². The molecule has 0 aliphatic carbocycles. The van der Waals surface area contributed by atoms with Crippen molar-refractivity contribution in [2.45, 2.75) is 0 Å². The molecule has 25 heavy (non-hydrogen) atoms. The van der Waals surface area contributed by atoms with Gasteiger partial charge in [0.25, 0.3) is 5.91 Å². The van der Waals surface area contributed by atoms with Gasteiger partial charge < -0.3 is 14.6 Å². The van der Waals surface area contributed by atoms with Crippen LogP contribution in [-0.4, -0.2) is 31.1 Å². The van der Waals surface area contributed by atoms with Crippen molar-refractivity contribution in [2.75, 3.05) is 19.1 Å². The summed E-state index contributed by atoms with van der Waals surface area (Å²) >= 11 is 5.84. The van der Waals surface area contributed by atoms with Gasteiger partial charge in [-0.25, -0.2) is 4.90 Å². The largest absolute Gasteiger partial charge is 0.502 e. The summed E-state index contributed by atoms with van der Waals surface area (Å²) in [7, 11) is 2.91. The first-order valence-electron chi connectivity index (χ1n) is 7.28. The Morgan fingerprint density at radius 3 is 2.24 bits per heavy atom. The van der Waals surface area contributed by atoms with Crippen LogP contribution in [0.2, 0.25) is 5.02 Å². The topological polar surface area (TPSA) is 76.1 Å². The highest BCUT2D eigenvalue weighted by Gasteiger charge is 2.41. The molecule has 0 unspecified atom stereocenters. The average Bonchev–Trinajstić information content (AvgIpc) is 2.84. The van der Waals surface area contributed by atoms with E-state index in [2.05, 4.69) is 0 Å². The zero-order valence-electron chi connectivity index (χ0n) is 13.4. The molecule has 0 spiro atoms. The number of aliphatic hydroxyl groups excluding tert-OH is 1. The summed E-state index contributed by atoms with van der Waals surface area (Å²) in [6.45, 7) is 0. The molecule has 6 nitrogen and oxygen atoms in total. The molecule has 0 bridgehead atoms. The quantitative estimate of drug-likeness (QED) is 0.848. The Kier molecular flexibility index (Phi) is 4.37. The SMILES string of the molecule is COc1ccc(N2C(=O)C(O)=C(c3ccc(Cl)cc3)C2=O)c(OC)c1. The molecule has 2 aromatic rings. The first-order chi connectivity index (χ1) is 12.0. The smallest absolute Gasteiger partial charge is 0.301 e. The third-order valence-corrected chi connectivity index (χ3v) is 4.07. The number of carbonyl (C=O) groups excluding carboxylic acids is 2. The fraction of sp³-hybridized carbons (Fsp3) is 0.111. The zero-order chi connectivity index (χ0) is 18.1. The molecule has 1 aliphatic heterocycles. The molecule has 1 heterocycles. The number of rotatable bonds is 4. The lowest BCUT2D eigenvalue weighted by Gasteiger charge is -2.18. The predicted molar refractivity (Wildman–Crippen MR) is 93.0 cm³/mol. The van der Waals surface area contributed by atoms with E-state index in [1.54, 1.807) is 36.4 Å². The minimum absolute atomic E-state index is 0.0838. The van der Waals surface area contributed by atoms with Crippen molar-refractivity contribution in [1.82, 2.24) is 0 Å². The molecule has 7 heteroatoms. The molecule has 0 radical (unpaired) electrons. The van der Waals surface area contributed by atoms with Gasteiger partial charge in [0.2, 0.25) is 0 Å². The Morgan fingerprint density at radius 1 is 0.960 bits per heavy atom. The van der Waals surface area contributed by atoms with E-state index in [4.69, 9.17) is 21.1 Å². The highest BCUT2D eigenvalue weighted by atomic mass is 35.5. The van der Waals surface area contributed by atoms with E-state index in [9.17, 15) is 14.7 Å². The first-order valence-corrected chi connectivity index (χ1v) is 7.65. The second kappa shape index (κ2) is 6.49. The summed E-state index contributed by atoms with van der Waals surface area (Å²) in [5.74, 6) is -1.31. The highest BCUT2D eigenvalue weighted by molar-refractivity contribution is 6.45. The maximum absolute atomic E-state index is 12.8. The lowest BCUT2D eigenvalue weighted by atomic mass is 10.1. The van der Waals surface area contributed by atoms with Crippen LogP contribution < -0.4 is 14.4 Å². The van der Waals surface area contributed by atoms with Crippen LogP contribution in [0.5, 0.6) is 11.5 Å². The molecule has 128 valence electrons. The minimum Gasteiger partial charge on any atom is -0.502 e. The van der Waals surface area contributed by atoms with Gasteiger partial charge in [-0.15, -0.1) is 0 Å². The number of ether oxygens (including phenoxy) is 2. The van der Waals surface area contributed by atoms with Gasteiger partial charge in [-0.1, -0.05) is 23.7 Å². The molecular formula is C18H14ClNO5. The number of hydrogen-bond acceptors (Lipinski definition) is 5. The first kappa shape index (κ1) is 16.9. The van der Waals surface area contributed by atoms with Crippen LogP contribution in [0.4, 0.5) is 5.69 Å². The summed E-state index contributed by atoms with van der Waals surface area (Å²) in [6.07, 6.45) is 0. The van der Waals surface area contributed by atoms with E-state index < -0.39 is 17.6 Å². The van der Waals surface area contributed by atoms with Crippen molar-refractivity contribution in [3.63, 3.8) is 0 Å². The van der Waals surface area contributed by atoms with Crippen LogP contribution in [0, 0.1) is 0 Å². The van der Waals surface area contributed by atoms with Crippen molar-refractivity contribution < 1.29 is 24.2 Å². The molecule has 3 rings (SSSR count). The molecule has 0 saturated heterocycles. The number of halogens is 1. The molecule has 1 aliphatic rings. The van der Waals surface area contributed by atoms with Crippen LogP contribution >= 0.6 is 11.6 Å². The van der Waals surface area contributed by atoms with Gasteiger partial charge in [-0.2, -0.15) is 0 Å². The number of carbonyl (C=O) groups is 2. The number of nitrogens with zero attached hydrogens (tertiary/aromatic N) is 1. The van der Waals surface area contributed by atoms with Crippen LogP contribution in [0.25, 0.3) is 5.57 Å². The Hall–Kier alpha value is -2.99. The lowest BCUT2D eigenvalue weighted by Crippen LogP contribution is -2.31. The molecule has 2 amide bonds. The van der Waals surface area contributed by atoms with Crippen molar-refractivity contribution in [3.05, 3.63) is 58.8 Å². The number of imide groups is 1. The van der Waals surface area contributed by atoms with Crippen molar-refractivity contribution in [2.24, 2.45) is 0 Å². The standard InChI is InChI=1S/C18H14ClNO5/c1-24-12-7-8-13(14(9-12)25-2)20-17(22)15(16(21)18(20)23)10-3-5-11(19)6-4-10/h3-9,21H,1-2H3. The van der Waals surface area contributed by atoms with Crippen molar-refractivity contribution in [3.8, 4) is 11.5 Å². The molecule has 0 aromatic heterocycles. The van der Waals surface area contributed by atoms with Crippen molar-refractivity contribution >= 4 is 34.7 Å². The van der Waals surface area contributed by atoms with Gasteiger partial charge in [-0.3, -0.25) is 9.59 Å². The maximum atomic E-state index is 12.8. The van der Waals surface area contributed by atoms with Gasteiger partial charge >= 0.3 is 5.91 Å². The fourth-order valence-electron chi connectivity index (χ4n) is 2.58. The monoisotopic (exact) mass is 359 g/mol. The summed E-state index contributed by atoms with van der Waals surface area (Å²) in [5, 5.41) is 10.7. The van der Waals surface area contributed by atoms with Gasteiger partial charge in [0.1, 0.15) is 11.5 Å². The van der Waals surface area contributed by atoms with E-state index in [-0.39, 0.29) is 17.0 Å². The molecule has 0 saturated carbocycles. The maximum Gasteiger partial charge on any atom is 0.301 e. The average molecular weight is 360 g/mol. The number of amides is 2. The number of aliphatic hydroxyl groups is 1. The van der Waals surface area contributed by atoms with Crippen LogP contribution in [0.1, 0.15) is 5.56 Å². The summed E-state index contributed by atoms with van der Waals surface area (Å²) in [6, 6.07) is 10.9. The molecule has 0 fully saturated rings. The molecule has 1 N–H and O–H groups in total. The van der Waals surface area contributed by atoms with Crippen LogP contribution in [0.15, 0.2) is 48.2 Å². The molecule has 0 atom stereocenters. The number of hydrogen-bond donors (Lipinski definition) is 1. The second-order valence-corrected chi connectivity index (χ2v) is 5.65. The number of anilines is 1. The zero-order valence-corrected chi connectivity index (χ0v) is 14.2. The Morgan fingerprint density at radius 2 is 1.64 bits per heavy atom. The van der Waals surface area contributed by atoms with Gasteiger partial charge in [0.15, 0.2) is 5.76 Å². The third-order valence-electron chi connectivity index (χ3n) is 3.82. The predicted octanol–water partition coefficient (Wildman–Crippen LogP) is 3.20. The summed E-state index contributed by atoms with van der Waals surface area (Å²) in [5.41, 5.74) is 0.531. The Bertz CT molecular complexity index is 889. The molecule has 2 aromatic carbocycles. The fourth-order valence-corrected chi connectivity index (χ4v) is 2.71.